The van der Waals surface area contributed by atoms with Crippen LogP contribution in [-0.4, -0.2) is 39.7 Å². The van der Waals surface area contributed by atoms with E-state index >= 15 is 0 Å². The van der Waals surface area contributed by atoms with Crippen molar-refractivity contribution in [1.82, 2.24) is 10.3 Å². The molecule has 0 saturated heterocycles. The van der Waals surface area contributed by atoms with Crippen LogP contribution in [0.5, 0.6) is 0 Å². The van der Waals surface area contributed by atoms with Gasteiger partial charge in [0.1, 0.15) is 11.8 Å². The Balaban J connectivity index is 2.89. The van der Waals surface area contributed by atoms with Gasteiger partial charge in [0.25, 0.3) is 5.91 Å². The number of aliphatic carboxylic acids is 1. The zero-order valence-corrected chi connectivity index (χ0v) is 9.54. The highest BCUT2D eigenvalue weighted by molar-refractivity contribution is 5.95. The third kappa shape index (κ3) is 3.02. The van der Waals surface area contributed by atoms with Crippen LogP contribution < -0.4 is 5.32 Å². The van der Waals surface area contributed by atoms with Gasteiger partial charge in [-0.05, 0) is 19.1 Å². The van der Waals surface area contributed by atoms with Crippen molar-refractivity contribution in [3.05, 3.63) is 29.1 Å². The first-order chi connectivity index (χ1) is 8.49. The normalized spacial score (nSPS) is 11.4. The summed E-state index contributed by atoms with van der Waals surface area (Å²) in [6, 6.07) is 3.26. The van der Waals surface area contributed by atoms with Crippen molar-refractivity contribution in [2.24, 2.45) is 0 Å². The van der Waals surface area contributed by atoms with Crippen LogP contribution in [0.4, 0.5) is 0 Å². The highest BCUT2D eigenvalue weighted by Crippen LogP contribution is 2.05. The van der Waals surface area contributed by atoms with Crippen LogP contribution in [0.25, 0.3) is 0 Å². The molecule has 94 valence electrons. The van der Waals surface area contributed by atoms with Crippen LogP contribution in [0.1, 0.15) is 21.7 Å². The van der Waals surface area contributed by atoms with Crippen molar-refractivity contribution in [1.29, 1.82) is 5.26 Å². The Bertz CT molecular complexity index is 522. The van der Waals surface area contributed by atoms with Crippen LogP contribution in [-0.2, 0) is 4.79 Å². The number of aliphatic hydroxyl groups excluding tert-OH is 1. The van der Waals surface area contributed by atoms with Crippen LogP contribution >= 0.6 is 0 Å². The lowest BCUT2D eigenvalue weighted by atomic mass is 10.2. The molecule has 0 saturated carbocycles. The molecule has 0 radical (unpaired) electrons. The Morgan fingerprint density at radius 1 is 1.56 bits per heavy atom. The molecule has 18 heavy (non-hydrogen) atoms. The number of hydrogen-bond donors (Lipinski definition) is 3. The van der Waals surface area contributed by atoms with Crippen molar-refractivity contribution in [2.45, 2.75) is 13.0 Å². The quantitative estimate of drug-likeness (QED) is 0.657. The summed E-state index contributed by atoms with van der Waals surface area (Å²) in [7, 11) is 0. The number of nitriles is 1. The Hall–Kier alpha value is -2.46. The third-order valence-corrected chi connectivity index (χ3v) is 2.22. The molecule has 0 aromatic carbocycles. The summed E-state index contributed by atoms with van der Waals surface area (Å²) >= 11 is 0. The SMILES string of the molecule is Cc1nc(C(=O)NC(CO)C(=O)O)ccc1C#N. The van der Waals surface area contributed by atoms with Gasteiger partial charge in [-0.15, -0.1) is 0 Å². The van der Waals surface area contributed by atoms with E-state index in [4.69, 9.17) is 15.5 Å². The molecule has 0 fully saturated rings. The molecule has 1 atom stereocenters. The Morgan fingerprint density at radius 3 is 2.67 bits per heavy atom. The molecule has 0 aliphatic rings. The molecule has 0 aliphatic heterocycles. The number of carbonyl (C=O) groups is 2. The van der Waals surface area contributed by atoms with Crippen LogP contribution in [0, 0.1) is 18.3 Å². The molecule has 3 N–H and O–H groups in total. The van der Waals surface area contributed by atoms with Gasteiger partial charge in [-0.25, -0.2) is 9.78 Å². The molecule has 0 spiro atoms. The number of hydrogen-bond acceptors (Lipinski definition) is 5. The summed E-state index contributed by atoms with van der Waals surface area (Å²) in [6.07, 6.45) is 0. The number of amides is 1. The maximum Gasteiger partial charge on any atom is 0.328 e. The minimum absolute atomic E-state index is 0.00815. The summed E-state index contributed by atoms with van der Waals surface area (Å²) in [5.41, 5.74) is 0.704. The summed E-state index contributed by atoms with van der Waals surface area (Å²) in [5, 5.41) is 28.3. The smallest absolute Gasteiger partial charge is 0.328 e. The molecule has 0 aliphatic carbocycles. The second-order valence-electron chi connectivity index (χ2n) is 3.49. The van der Waals surface area contributed by atoms with E-state index in [-0.39, 0.29) is 5.69 Å². The number of aromatic nitrogens is 1. The molecule has 1 heterocycles. The van der Waals surface area contributed by atoms with Crippen LogP contribution in [0.3, 0.4) is 0 Å². The van der Waals surface area contributed by atoms with Gasteiger partial charge in [-0.3, -0.25) is 4.79 Å². The maximum absolute atomic E-state index is 11.6. The van der Waals surface area contributed by atoms with Crippen molar-refractivity contribution in [3.8, 4) is 6.07 Å². The van der Waals surface area contributed by atoms with Crippen LogP contribution in [0.2, 0.25) is 0 Å². The number of aryl methyl sites for hydroxylation is 1. The topological polar surface area (TPSA) is 123 Å². The average molecular weight is 249 g/mol. The first-order valence-electron chi connectivity index (χ1n) is 5.02. The van der Waals surface area contributed by atoms with Gasteiger partial charge in [0.05, 0.1) is 17.9 Å². The monoisotopic (exact) mass is 249 g/mol. The first kappa shape index (κ1) is 13.6. The number of pyridine rings is 1. The fourth-order valence-electron chi connectivity index (χ4n) is 1.22. The standard InChI is InChI=1S/C11H11N3O4/c1-6-7(4-12)2-3-8(13-6)10(16)14-9(5-15)11(17)18/h2-3,9,15H,5H2,1H3,(H,14,16)(H,17,18). The number of nitrogens with one attached hydrogen (secondary N) is 1. The van der Waals surface area contributed by atoms with Gasteiger partial charge >= 0.3 is 5.97 Å². The number of carbonyl (C=O) groups excluding carboxylic acids is 1. The minimum atomic E-state index is -1.38. The molecule has 1 aromatic heterocycles. The summed E-state index contributed by atoms with van der Waals surface area (Å²) in [6.45, 7) is 0.854. The Morgan fingerprint density at radius 2 is 2.22 bits per heavy atom. The van der Waals surface area contributed by atoms with E-state index in [0.717, 1.165) is 0 Å². The van der Waals surface area contributed by atoms with E-state index < -0.39 is 24.5 Å². The van der Waals surface area contributed by atoms with Gasteiger partial charge in [-0.1, -0.05) is 0 Å². The van der Waals surface area contributed by atoms with E-state index in [9.17, 15) is 9.59 Å². The molecule has 7 nitrogen and oxygen atoms in total. The number of carboxylic acid groups (broad SMARTS) is 1. The van der Waals surface area contributed by atoms with Gasteiger partial charge in [0.15, 0.2) is 6.04 Å². The lowest BCUT2D eigenvalue weighted by Gasteiger charge is -2.11. The molecule has 1 aromatic rings. The van der Waals surface area contributed by atoms with Crippen molar-refractivity contribution >= 4 is 11.9 Å². The van der Waals surface area contributed by atoms with Crippen LogP contribution in [0.15, 0.2) is 12.1 Å². The number of nitrogens with zero attached hydrogens (tertiary/aromatic N) is 2. The van der Waals surface area contributed by atoms with E-state index in [1.807, 2.05) is 6.07 Å². The minimum Gasteiger partial charge on any atom is -0.480 e. The molecular formula is C11H11N3O4. The summed E-state index contributed by atoms with van der Waals surface area (Å²) < 4.78 is 0. The second-order valence-corrected chi connectivity index (χ2v) is 3.49. The molecule has 1 amide bonds. The maximum atomic E-state index is 11.6. The lowest BCUT2D eigenvalue weighted by molar-refractivity contribution is -0.140. The molecular weight excluding hydrogens is 238 g/mol. The average Bonchev–Trinajstić information content (AvgIpc) is 2.35. The van der Waals surface area contributed by atoms with Gasteiger partial charge in [0.2, 0.25) is 0 Å². The summed E-state index contributed by atoms with van der Waals surface area (Å²) in [5.74, 6) is -2.06. The zero-order chi connectivity index (χ0) is 13.7. The predicted octanol–water partition coefficient (Wildman–Crippen LogP) is -0.563. The molecule has 1 unspecified atom stereocenters. The fourth-order valence-corrected chi connectivity index (χ4v) is 1.22. The Kier molecular flexibility index (Phi) is 4.34. The van der Waals surface area contributed by atoms with Gasteiger partial charge in [-0.2, -0.15) is 5.26 Å². The number of carboxylic acids is 1. The molecule has 0 bridgehead atoms. The van der Waals surface area contributed by atoms with Gasteiger partial charge in [0, 0.05) is 0 Å². The van der Waals surface area contributed by atoms with E-state index in [1.165, 1.54) is 12.1 Å². The largest absolute Gasteiger partial charge is 0.480 e. The molecule has 7 heteroatoms. The Labute approximate surface area is 103 Å². The number of aliphatic hydroxyl groups is 1. The van der Waals surface area contributed by atoms with Crippen molar-refractivity contribution in [2.75, 3.05) is 6.61 Å². The van der Waals surface area contributed by atoms with Gasteiger partial charge < -0.3 is 15.5 Å². The highest BCUT2D eigenvalue weighted by Gasteiger charge is 2.20. The summed E-state index contributed by atoms with van der Waals surface area (Å²) in [4.78, 5) is 26.1. The third-order valence-electron chi connectivity index (χ3n) is 2.22. The number of rotatable bonds is 4. The zero-order valence-electron chi connectivity index (χ0n) is 9.54. The highest BCUT2D eigenvalue weighted by atomic mass is 16.4. The van der Waals surface area contributed by atoms with Crippen molar-refractivity contribution < 1.29 is 19.8 Å². The fraction of sp³-hybridized carbons (Fsp3) is 0.273. The predicted molar refractivity (Wildman–Crippen MR) is 59.7 cm³/mol. The van der Waals surface area contributed by atoms with E-state index in [0.29, 0.717) is 11.3 Å². The van der Waals surface area contributed by atoms with E-state index in [1.54, 1.807) is 6.92 Å². The molecule has 1 rings (SSSR count). The lowest BCUT2D eigenvalue weighted by Crippen LogP contribution is -2.43. The van der Waals surface area contributed by atoms with E-state index in [2.05, 4.69) is 10.3 Å². The first-order valence-corrected chi connectivity index (χ1v) is 5.02. The van der Waals surface area contributed by atoms with Crippen molar-refractivity contribution in [3.63, 3.8) is 0 Å². The second kappa shape index (κ2) is 5.75.